The molecule has 1 aromatic rings. The van der Waals surface area contributed by atoms with Gasteiger partial charge in [-0.05, 0) is 30.5 Å². The van der Waals surface area contributed by atoms with Crippen molar-refractivity contribution in [2.45, 2.75) is 18.2 Å². The van der Waals surface area contributed by atoms with Crippen LogP contribution in [-0.2, 0) is 4.79 Å². The van der Waals surface area contributed by atoms with Crippen LogP contribution in [0.3, 0.4) is 0 Å². The van der Waals surface area contributed by atoms with E-state index in [1.54, 1.807) is 18.7 Å². The van der Waals surface area contributed by atoms with E-state index in [0.717, 1.165) is 17.7 Å². The van der Waals surface area contributed by atoms with Crippen molar-refractivity contribution >= 4 is 28.6 Å². The molecule has 0 unspecified atom stereocenters. The van der Waals surface area contributed by atoms with Crippen LogP contribution in [0.5, 0.6) is 0 Å². The zero-order chi connectivity index (χ0) is 11.8. The van der Waals surface area contributed by atoms with E-state index in [1.807, 2.05) is 12.1 Å². The predicted molar refractivity (Wildman–Crippen MR) is 72.9 cm³/mol. The number of thioether (sulfide) groups is 2. The average molecular weight is 250 g/mol. The van der Waals surface area contributed by atoms with Crippen LogP contribution in [-0.4, -0.2) is 17.1 Å². The first-order valence-electron chi connectivity index (χ1n) is 4.98. The molecule has 0 spiro atoms. The van der Waals surface area contributed by atoms with Crippen molar-refractivity contribution < 1.29 is 4.79 Å². The normalized spacial score (nSPS) is 9.38. The van der Waals surface area contributed by atoms with E-state index in [4.69, 9.17) is 0 Å². The summed E-state index contributed by atoms with van der Waals surface area (Å²) >= 11 is 3.05. The molecule has 1 rings (SSSR count). The third-order valence-corrected chi connectivity index (χ3v) is 3.41. The molecule has 84 valence electrons. The van der Waals surface area contributed by atoms with E-state index in [-0.39, 0.29) is 5.12 Å². The summed E-state index contributed by atoms with van der Waals surface area (Å²) in [6.07, 6.45) is 2.81. The molecule has 0 heterocycles. The third-order valence-electron chi connectivity index (χ3n) is 1.86. The van der Waals surface area contributed by atoms with Gasteiger partial charge < -0.3 is 0 Å². The van der Waals surface area contributed by atoms with Crippen LogP contribution >= 0.6 is 23.5 Å². The van der Waals surface area contributed by atoms with Crippen molar-refractivity contribution in [3.8, 4) is 11.8 Å². The molecule has 0 aliphatic carbocycles. The van der Waals surface area contributed by atoms with E-state index < -0.39 is 0 Å². The first-order chi connectivity index (χ1) is 7.72. The number of hydrogen-bond acceptors (Lipinski definition) is 3. The number of carbonyl (C=O) groups is 1. The maximum atomic E-state index is 10.7. The van der Waals surface area contributed by atoms with Gasteiger partial charge in [-0.25, -0.2) is 0 Å². The molecule has 0 fully saturated rings. The van der Waals surface area contributed by atoms with Gasteiger partial charge in [0.15, 0.2) is 5.12 Å². The smallest absolute Gasteiger partial charge is 0.185 e. The maximum absolute atomic E-state index is 10.7. The number of rotatable bonds is 3. The fourth-order valence-corrected chi connectivity index (χ4v) is 1.98. The van der Waals surface area contributed by atoms with Crippen LogP contribution in [0.15, 0.2) is 29.2 Å². The Morgan fingerprint density at radius 1 is 1.31 bits per heavy atom. The molecule has 1 nitrogen and oxygen atoms in total. The molecule has 0 N–H and O–H groups in total. The van der Waals surface area contributed by atoms with Crippen LogP contribution in [0.2, 0.25) is 0 Å². The predicted octanol–water partition coefficient (Wildman–Crippen LogP) is 3.43. The Kier molecular flexibility index (Phi) is 6.14. The zero-order valence-electron chi connectivity index (χ0n) is 9.45. The average Bonchev–Trinajstić information content (AvgIpc) is 2.29. The fraction of sp³-hybridized carbons (Fsp3) is 0.308. The van der Waals surface area contributed by atoms with Crippen molar-refractivity contribution in [1.82, 2.24) is 0 Å². The molecule has 0 radical (unpaired) electrons. The Labute approximate surface area is 105 Å². The van der Waals surface area contributed by atoms with Crippen molar-refractivity contribution in [2.75, 3.05) is 12.0 Å². The number of hydrogen-bond donors (Lipinski definition) is 0. The second-order valence-electron chi connectivity index (χ2n) is 3.12. The minimum Gasteiger partial charge on any atom is -0.288 e. The summed E-state index contributed by atoms with van der Waals surface area (Å²) in [5, 5.41) is 0.158. The zero-order valence-corrected chi connectivity index (χ0v) is 11.1. The highest BCUT2D eigenvalue weighted by Crippen LogP contribution is 2.14. The number of carbonyl (C=O) groups excluding carboxylic acids is 1. The molecule has 0 bridgehead atoms. The van der Waals surface area contributed by atoms with Gasteiger partial charge in [-0.2, -0.15) is 0 Å². The summed E-state index contributed by atoms with van der Waals surface area (Å²) in [7, 11) is 0. The van der Waals surface area contributed by atoms with Crippen LogP contribution in [0.1, 0.15) is 18.9 Å². The van der Waals surface area contributed by atoms with Crippen LogP contribution < -0.4 is 0 Å². The van der Waals surface area contributed by atoms with Gasteiger partial charge in [0.05, 0.1) is 0 Å². The van der Waals surface area contributed by atoms with E-state index in [1.165, 1.54) is 16.7 Å². The summed E-state index contributed by atoms with van der Waals surface area (Å²) in [5.74, 6) is 6.93. The topological polar surface area (TPSA) is 17.1 Å². The summed E-state index contributed by atoms with van der Waals surface area (Å²) in [6.45, 7) is 1.58. The molecule has 0 amide bonds. The standard InChI is InChI=1S/C13H14OS2/c1-11(14)16-10-4-3-5-12-6-8-13(15-2)9-7-12/h6-9H,4,10H2,1-2H3. The van der Waals surface area contributed by atoms with Gasteiger partial charge in [0.2, 0.25) is 0 Å². The molecule has 16 heavy (non-hydrogen) atoms. The van der Waals surface area contributed by atoms with Crippen molar-refractivity contribution in [1.29, 1.82) is 0 Å². The molecule has 0 saturated carbocycles. The molecule has 1 aromatic carbocycles. The maximum Gasteiger partial charge on any atom is 0.185 e. The van der Waals surface area contributed by atoms with E-state index in [2.05, 4.69) is 30.2 Å². The van der Waals surface area contributed by atoms with E-state index >= 15 is 0 Å². The lowest BCUT2D eigenvalue weighted by Crippen LogP contribution is -1.84. The highest BCUT2D eigenvalue weighted by atomic mass is 32.2. The van der Waals surface area contributed by atoms with Crippen LogP contribution in [0.4, 0.5) is 0 Å². The highest BCUT2D eigenvalue weighted by Gasteiger charge is 1.91. The molecule has 0 aliphatic heterocycles. The lowest BCUT2D eigenvalue weighted by atomic mass is 10.2. The Morgan fingerprint density at radius 2 is 2.00 bits per heavy atom. The summed E-state index contributed by atoms with van der Waals surface area (Å²) in [5.41, 5.74) is 1.03. The lowest BCUT2D eigenvalue weighted by Gasteiger charge is -1.94. The molecule has 3 heteroatoms. The summed E-state index contributed by atoms with van der Waals surface area (Å²) in [6, 6.07) is 8.19. The molecule has 0 aliphatic rings. The Hall–Kier alpha value is -0.850. The minimum atomic E-state index is 0.158. The Morgan fingerprint density at radius 3 is 2.56 bits per heavy atom. The molecular formula is C13H14OS2. The lowest BCUT2D eigenvalue weighted by molar-refractivity contribution is -0.109. The van der Waals surface area contributed by atoms with E-state index in [9.17, 15) is 4.79 Å². The fourth-order valence-electron chi connectivity index (χ4n) is 1.08. The number of benzene rings is 1. The van der Waals surface area contributed by atoms with Crippen LogP contribution in [0.25, 0.3) is 0 Å². The van der Waals surface area contributed by atoms with Gasteiger partial charge >= 0.3 is 0 Å². The van der Waals surface area contributed by atoms with E-state index in [0.29, 0.717) is 0 Å². The first kappa shape index (κ1) is 13.2. The van der Waals surface area contributed by atoms with Gasteiger partial charge in [0.1, 0.15) is 0 Å². The first-order valence-corrected chi connectivity index (χ1v) is 7.19. The van der Waals surface area contributed by atoms with Gasteiger partial charge in [-0.15, -0.1) is 11.8 Å². The highest BCUT2D eigenvalue weighted by molar-refractivity contribution is 8.13. The van der Waals surface area contributed by atoms with Crippen molar-refractivity contribution in [2.24, 2.45) is 0 Å². The minimum absolute atomic E-state index is 0.158. The second-order valence-corrected chi connectivity index (χ2v) is 5.27. The molecular weight excluding hydrogens is 236 g/mol. The van der Waals surface area contributed by atoms with Gasteiger partial charge in [-0.3, -0.25) is 4.79 Å². The largest absolute Gasteiger partial charge is 0.288 e. The summed E-state index contributed by atoms with van der Waals surface area (Å²) in [4.78, 5) is 11.9. The quantitative estimate of drug-likeness (QED) is 0.465. The van der Waals surface area contributed by atoms with Gasteiger partial charge in [0, 0.05) is 29.6 Å². The monoisotopic (exact) mass is 250 g/mol. The Balaban J connectivity index is 2.41. The molecule has 0 atom stereocenters. The summed E-state index contributed by atoms with van der Waals surface area (Å²) < 4.78 is 0. The second kappa shape index (κ2) is 7.43. The SMILES string of the molecule is CSc1ccc(C#CCCSC(C)=O)cc1. The molecule has 0 aromatic heterocycles. The van der Waals surface area contributed by atoms with Crippen LogP contribution in [0, 0.1) is 11.8 Å². The molecule has 0 saturated heterocycles. The van der Waals surface area contributed by atoms with Crippen molar-refractivity contribution in [3.05, 3.63) is 29.8 Å². The Bertz CT molecular complexity index is 398. The third kappa shape index (κ3) is 5.29. The van der Waals surface area contributed by atoms with Crippen molar-refractivity contribution in [3.63, 3.8) is 0 Å². The van der Waals surface area contributed by atoms with Gasteiger partial charge in [-0.1, -0.05) is 23.6 Å². The van der Waals surface area contributed by atoms with Gasteiger partial charge in [0.25, 0.3) is 0 Å².